The number of fused-ring (bicyclic) bond motifs is 1. The van der Waals surface area contributed by atoms with Gasteiger partial charge in [0, 0.05) is 43.0 Å². The molecular formula is C28H31ClN6O5. The Balaban J connectivity index is 1.26. The number of carbonyl (C=O) groups is 2. The van der Waals surface area contributed by atoms with Crippen LogP contribution in [0, 0.1) is 0 Å². The van der Waals surface area contributed by atoms with Gasteiger partial charge >= 0.3 is 0 Å². The highest BCUT2D eigenvalue weighted by Crippen LogP contribution is 2.31. The second-order valence-electron chi connectivity index (χ2n) is 9.59. The fraction of sp³-hybridized carbons (Fsp3) is 0.393. The Labute approximate surface area is 236 Å². The molecule has 2 aliphatic rings. The summed E-state index contributed by atoms with van der Waals surface area (Å²) in [5.41, 5.74) is 2.96. The zero-order valence-corrected chi connectivity index (χ0v) is 22.9. The third-order valence-electron chi connectivity index (χ3n) is 6.81. The summed E-state index contributed by atoms with van der Waals surface area (Å²) in [6.07, 6.45) is 3.29. The number of rotatable bonds is 10. The van der Waals surface area contributed by atoms with E-state index < -0.39 is 11.9 Å². The van der Waals surface area contributed by atoms with Crippen molar-refractivity contribution in [3.05, 3.63) is 64.4 Å². The van der Waals surface area contributed by atoms with Gasteiger partial charge in [0.2, 0.25) is 17.7 Å². The quantitative estimate of drug-likeness (QED) is 0.338. The molecule has 2 aliphatic heterocycles. The highest BCUT2D eigenvalue weighted by molar-refractivity contribution is 6.33. The normalized spacial score (nSPS) is 16.0. The van der Waals surface area contributed by atoms with Crippen LogP contribution >= 0.6 is 11.6 Å². The number of aliphatic hydroxyl groups is 1. The Bertz CT molecular complexity index is 1380. The van der Waals surface area contributed by atoms with Crippen LogP contribution < -0.4 is 15.4 Å². The number of amides is 2. The number of anilines is 1. The van der Waals surface area contributed by atoms with Gasteiger partial charge < -0.3 is 30.1 Å². The molecule has 2 amide bonds. The number of aliphatic hydroxyl groups excluding tert-OH is 1. The number of aromatic nitrogens is 3. The van der Waals surface area contributed by atoms with Crippen molar-refractivity contribution in [3.8, 4) is 17.1 Å². The molecular weight excluding hydrogens is 536 g/mol. The fourth-order valence-corrected chi connectivity index (χ4v) is 4.98. The summed E-state index contributed by atoms with van der Waals surface area (Å²) in [7, 11) is 0. The molecule has 5 rings (SSSR count). The van der Waals surface area contributed by atoms with Gasteiger partial charge in [-0.3, -0.25) is 9.59 Å². The van der Waals surface area contributed by atoms with E-state index in [-0.39, 0.29) is 31.6 Å². The second-order valence-corrected chi connectivity index (χ2v) is 10.00. The zero-order chi connectivity index (χ0) is 28.1. The van der Waals surface area contributed by atoms with Crippen molar-refractivity contribution in [3.63, 3.8) is 0 Å². The molecule has 3 N–H and O–H groups in total. The Morgan fingerprint density at radius 3 is 2.85 bits per heavy atom. The van der Waals surface area contributed by atoms with Gasteiger partial charge in [-0.05, 0) is 37.5 Å². The highest BCUT2D eigenvalue weighted by Gasteiger charge is 2.30. The number of ether oxygens (including phenoxy) is 2. The number of benzene rings is 1. The SMILES string of the molecule is CCOc1cccc([C@@H](CO)NC(=O)CN2Cc3ccc(-c4nc(NC5CCOCC5)ncc4Cl)cc3C2=O)n1. The first kappa shape index (κ1) is 27.8. The van der Waals surface area contributed by atoms with Crippen molar-refractivity contribution >= 4 is 29.4 Å². The lowest BCUT2D eigenvalue weighted by atomic mass is 10.0. The molecule has 0 aliphatic carbocycles. The molecule has 40 heavy (non-hydrogen) atoms. The molecule has 0 spiro atoms. The fourth-order valence-electron chi connectivity index (χ4n) is 4.78. The van der Waals surface area contributed by atoms with Crippen molar-refractivity contribution in [1.29, 1.82) is 0 Å². The molecule has 1 fully saturated rings. The summed E-state index contributed by atoms with van der Waals surface area (Å²) in [6, 6.07) is 10.1. The molecule has 2 aromatic heterocycles. The Kier molecular flexibility index (Phi) is 8.73. The van der Waals surface area contributed by atoms with Crippen molar-refractivity contribution in [2.24, 2.45) is 0 Å². The maximum Gasteiger partial charge on any atom is 0.254 e. The van der Waals surface area contributed by atoms with E-state index in [1.54, 1.807) is 30.5 Å². The van der Waals surface area contributed by atoms with Gasteiger partial charge in [-0.25, -0.2) is 15.0 Å². The summed E-state index contributed by atoms with van der Waals surface area (Å²) in [4.78, 5) is 40.8. The number of nitrogens with one attached hydrogen (secondary N) is 2. The summed E-state index contributed by atoms with van der Waals surface area (Å²) in [6.45, 7) is 3.45. The summed E-state index contributed by atoms with van der Waals surface area (Å²) >= 11 is 6.44. The van der Waals surface area contributed by atoms with E-state index >= 15 is 0 Å². The summed E-state index contributed by atoms with van der Waals surface area (Å²) in [5, 5.41) is 16.3. The van der Waals surface area contributed by atoms with Crippen LogP contribution in [0.4, 0.5) is 5.95 Å². The Morgan fingerprint density at radius 1 is 1.25 bits per heavy atom. The van der Waals surface area contributed by atoms with E-state index in [4.69, 9.17) is 21.1 Å². The number of pyridine rings is 1. The molecule has 1 saturated heterocycles. The molecule has 4 heterocycles. The molecule has 11 nitrogen and oxygen atoms in total. The van der Waals surface area contributed by atoms with Crippen LogP contribution in [0.3, 0.4) is 0 Å². The van der Waals surface area contributed by atoms with E-state index in [2.05, 4.69) is 25.6 Å². The molecule has 3 aromatic rings. The van der Waals surface area contributed by atoms with Crippen molar-refractivity contribution < 1.29 is 24.2 Å². The van der Waals surface area contributed by atoms with Crippen LogP contribution in [-0.2, 0) is 16.1 Å². The summed E-state index contributed by atoms with van der Waals surface area (Å²) in [5.74, 6) is 0.196. The minimum absolute atomic E-state index is 0.169. The van der Waals surface area contributed by atoms with E-state index in [0.717, 1.165) is 18.4 Å². The van der Waals surface area contributed by atoms with Crippen LogP contribution in [0.5, 0.6) is 5.88 Å². The van der Waals surface area contributed by atoms with E-state index in [0.29, 0.717) is 59.2 Å². The van der Waals surface area contributed by atoms with Gasteiger partial charge in [-0.15, -0.1) is 0 Å². The smallest absolute Gasteiger partial charge is 0.254 e. The van der Waals surface area contributed by atoms with E-state index in [1.165, 1.54) is 4.90 Å². The van der Waals surface area contributed by atoms with E-state index in [9.17, 15) is 14.7 Å². The molecule has 210 valence electrons. The lowest BCUT2D eigenvalue weighted by Gasteiger charge is -2.23. The maximum atomic E-state index is 13.2. The molecule has 0 radical (unpaired) electrons. The topological polar surface area (TPSA) is 139 Å². The minimum atomic E-state index is -0.733. The first-order chi connectivity index (χ1) is 19.4. The monoisotopic (exact) mass is 566 g/mol. The predicted molar refractivity (Wildman–Crippen MR) is 148 cm³/mol. The zero-order valence-electron chi connectivity index (χ0n) is 22.1. The van der Waals surface area contributed by atoms with Gasteiger partial charge in [-0.2, -0.15) is 0 Å². The van der Waals surface area contributed by atoms with Crippen LogP contribution in [0.2, 0.25) is 5.02 Å². The standard InChI is InChI=1S/C28H31ClN6O5/c1-2-40-25-5-3-4-22(33-25)23(16-36)32-24(37)15-35-14-18-7-6-17(12-20(18)27(35)38)26-21(29)13-30-28(34-26)31-19-8-10-39-11-9-19/h3-7,12-13,19,23,36H,2,8-11,14-16H2,1H3,(H,32,37)(H,30,31,34)/t23-/m1/s1. The van der Waals surface area contributed by atoms with Crippen LogP contribution in [0.25, 0.3) is 11.3 Å². The Hall–Kier alpha value is -3.80. The molecule has 12 heteroatoms. The lowest BCUT2D eigenvalue weighted by Crippen LogP contribution is -2.40. The summed E-state index contributed by atoms with van der Waals surface area (Å²) < 4.78 is 10.8. The van der Waals surface area contributed by atoms with E-state index in [1.807, 2.05) is 19.1 Å². The van der Waals surface area contributed by atoms with Crippen molar-refractivity contribution in [2.45, 2.75) is 38.4 Å². The average Bonchev–Trinajstić information content (AvgIpc) is 3.27. The molecule has 0 bridgehead atoms. The Morgan fingerprint density at radius 2 is 2.08 bits per heavy atom. The molecule has 1 aromatic carbocycles. The first-order valence-electron chi connectivity index (χ1n) is 13.2. The van der Waals surface area contributed by atoms with Crippen LogP contribution in [0.15, 0.2) is 42.6 Å². The largest absolute Gasteiger partial charge is 0.478 e. The number of nitrogens with zero attached hydrogens (tertiary/aromatic N) is 4. The van der Waals surface area contributed by atoms with Gasteiger partial charge in [-0.1, -0.05) is 29.8 Å². The predicted octanol–water partition coefficient (Wildman–Crippen LogP) is 2.99. The van der Waals surface area contributed by atoms with Crippen LogP contribution in [0.1, 0.15) is 47.4 Å². The van der Waals surface area contributed by atoms with Crippen molar-refractivity contribution in [2.75, 3.05) is 38.3 Å². The van der Waals surface area contributed by atoms with Gasteiger partial charge in [0.1, 0.15) is 6.54 Å². The maximum absolute atomic E-state index is 13.2. The second kappa shape index (κ2) is 12.6. The first-order valence-corrected chi connectivity index (χ1v) is 13.6. The molecule has 1 atom stereocenters. The number of hydrogen-bond donors (Lipinski definition) is 3. The highest BCUT2D eigenvalue weighted by atomic mass is 35.5. The minimum Gasteiger partial charge on any atom is -0.478 e. The lowest BCUT2D eigenvalue weighted by molar-refractivity contribution is -0.122. The molecule has 0 unspecified atom stereocenters. The van der Waals surface area contributed by atoms with Gasteiger partial charge in [0.05, 0.1) is 41.9 Å². The number of hydrogen-bond acceptors (Lipinski definition) is 9. The molecule has 0 saturated carbocycles. The third kappa shape index (κ3) is 6.33. The van der Waals surface area contributed by atoms with Crippen molar-refractivity contribution in [1.82, 2.24) is 25.2 Å². The number of halogens is 1. The average molecular weight is 567 g/mol. The van der Waals surface area contributed by atoms with Gasteiger partial charge in [0.15, 0.2) is 0 Å². The van der Waals surface area contributed by atoms with Gasteiger partial charge in [0.25, 0.3) is 5.91 Å². The third-order valence-corrected chi connectivity index (χ3v) is 7.08. The number of carbonyl (C=O) groups excluding carboxylic acids is 2. The van der Waals surface area contributed by atoms with Crippen LogP contribution in [-0.4, -0.2) is 75.8 Å².